The van der Waals surface area contributed by atoms with Crippen LogP contribution in [0.5, 0.6) is 0 Å². The number of carbonyl (C=O) groups excluding carboxylic acids is 2. The zero-order valence-electron chi connectivity index (χ0n) is 16.6. The second-order valence-electron chi connectivity index (χ2n) is 7.17. The molecule has 2 N–H and O–H groups in total. The molecule has 2 rings (SSSR count). The summed E-state index contributed by atoms with van der Waals surface area (Å²) in [6, 6.07) is 16.0. The van der Waals surface area contributed by atoms with Crippen LogP contribution in [0.25, 0.3) is 0 Å². The first-order valence-electron chi connectivity index (χ1n) is 9.18. The van der Waals surface area contributed by atoms with Crippen molar-refractivity contribution in [3.05, 3.63) is 70.8 Å². The second kappa shape index (κ2) is 9.88. The summed E-state index contributed by atoms with van der Waals surface area (Å²) in [5, 5.41) is 5.61. The lowest BCUT2D eigenvalue weighted by Gasteiger charge is -2.24. The Morgan fingerprint density at radius 1 is 0.963 bits per heavy atom. The van der Waals surface area contributed by atoms with Gasteiger partial charge in [0.15, 0.2) is 0 Å². The fraction of sp³-hybridized carbons (Fsp3) is 0.364. The molecule has 0 fully saturated rings. The number of hydrogen-bond donors (Lipinski definition) is 2. The quantitative estimate of drug-likeness (QED) is 0.753. The number of benzene rings is 2. The first kappa shape index (κ1) is 20.6. The van der Waals surface area contributed by atoms with Crippen LogP contribution in [0.15, 0.2) is 48.5 Å². The molecule has 0 aromatic heterocycles. The van der Waals surface area contributed by atoms with E-state index in [0.717, 1.165) is 17.5 Å². The van der Waals surface area contributed by atoms with Crippen LogP contribution in [0.3, 0.4) is 0 Å². The summed E-state index contributed by atoms with van der Waals surface area (Å²) >= 11 is 0. The Hall–Kier alpha value is -2.66. The van der Waals surface area contributed by atoms with E-state index in [2.05, 4.69) is 27.7 Å². The van der Waals surface area contributed by atoms with Crippen molar-refractivity contribution in [1.82, 2.24) is 15.5 Å². The summed E-state index contributed by atoms with van der Waals surface area (Å²) in [6.07, 6.45) is 0.850. The largest absolute Gasteiger partial charge is 0.353 e. The second-order valence-corrected chi connectivity index (χ2v) is 7.17. The Balaban J connectivity index is 1.82. The van der Waals surface area contributed by atoms with Gasteiger partial charge in [-0.05, 0) is 52.1 Å². The lowest BCUT2D eigenvalue weighted by Crippen LogP contribution is -2.44. The highest BCUT2D eigenvalue weighted by atomic mass is 16.2. The van der Waals surface area contributed by atoms with Gasteiger partial charge in [-0.1, -0.05) is 47.5 Å². The predicted octanol–water partition coefficient (Wildman–Crippen LogP) is 2.32. The number of likely N-dealkylation sites (N-methyl/N-ethyl adjacent to an activating group) is 1. The highest BCUT2D eigenvalue weighted by Gasteiger charge is 2.14. The molecule has 0 saturated heterocycles. The van der Waals surface area contributed by atoms with E-state index >= 15 is 0 Å². The van der Waals surface area contributed by atoms with Gasteiger partial charge in [-0.3, -0.25) is 9.59 Å². The summed E-state index contributed by atoms with van der Waals surface area (Å²) in [6.45, 7) is 4.40. The molecule has 0 bridgehead atoms. The van der Waals surface area contributed by atoms with Gasteiger partial charge in [0.25, 0.3) is 5.91 Å². The van der Waals surface area contributed by atoms with Crippen LogP contribution in [0.2, 0.25) is 0 Å². The summed E-state index contributed by atoms with van der Waals surface area (Å²) in [4.78, 5) is 26.5. The van der Waals surface area contributed by atoms with Crippen LogP contribution < -0.4 is 10.6 Å². The zero-order valence-corrected chi connectivity index (χ0v) is 16.6. The van der Waals surface area contributed by atoms with E-state index in [0.29, 0.717) is 12.1 Å². The molecule has 5 nitrogen and oxygen atoms in total. The minimum atomic E-state index is -0.231. The maximum atomic E-state index is 12.2. The molecule has 27 heavy (non-hydrogen) atoms. The molecule has 1 atom stereocenters. The van der Waals surface area contributed by atoms with Gasteiger partial charge < -0.3 is 15.5 Å². The van der Waals surface area contributed by atoms with Crippen LogP contribution in [-0.4, -0.2) is 49.9 Å². The lowest BCUT2D eigenvalue weighted by molar-refractivity contribution is -0.120. The average Bonchev–Trinajstić information content (AvgIpc) is 2.62. The van der Waals surface area contributed by atoms with Crippen LogP contribution >= 0.6 is 0 Å². The smallest absolute Gasteiger partial charge is 0.251 e. The number of rotatable bonds is 8. The molecule has 1 unspecified atom stereocenters. The number of nitrogens with one attached hydrogen (secondary N) is 2. The minimum absolute atomic E-state index is 0.0304. The maximum absolute atomic E-state index is 12.2. The van der Waals surface area contributed by atoms with Gasteiger partial charge in [-0.15, -0.1) is 0 Å². The SMILES string of the molecule is Cc1cc(C)cc(C(=O)NCC(=O)NCC(Cc2ccccc2)N(C)C)c1. The molecular formula is C22H29N3O2. The Kier molecular flexibility index (Phi) is 7.55. The molecule has 5 heteroatoms. The standard InChI is InChI=1S/C22H29N3O2/c1-16-10-17(2)12-19(11-16)22(27)24-15-21(26)23-14-20(25(3)4)13-18-8-6-5-7-9-18/h5-12,20H,13-15H2,1-4H3,(H,23,26)(H,24,27). The normalized spacial score (nSPS) is 11.9. The Morgan fingerprint density at radius 2 is 1.59 bits per heavy atom. The topological polar surface area (TPSA) is 61.4 Å². The molecular weight excluding hydrogens is 338 g/mol. The minimum Gasteiger partial charge on any atom is -0.353 e. The predicted molar refractivity (Wildman–Crippen MR) is 109 cm³/mol. The van der Waals surface area contributed by atoms with Gasteiger partial charge in [-0.2, -0.15) is 0 Å². The molecule has 0 spiro atoms. The maximum Gasteiger partial charge on any atom is 0.251 e. The first-order valence-corrected chi connectivity index (χ1v) is 9.18. The first-order chi connectivity index (χ1) is 12.8. The van der Waals surface area contributed by atoms with Crippen LogP contribution in [0.4, 0.5) is 0 Å². The molecule has 0 aliphatic carbocycles. The van der Waals surface area contributed by atoms with Gasteiger partial charge in [0.05, 0.1) is 6.54 Å². The van der Waals surface area contributed by atoms with E-state index in [9.17, 15) is 9.59 Å². The number of hydrogen-bond acceptors (Lipinski definition) is 3. The molecule has 0 saturated carbocycles. The summed E-state index contributed by atoms with van der Waals surface area (Å²) in [5.41, 5.74) is 3.86. The van der Waals surface area contributed by atoms with E-state index in [1.54, 1.807) is 0 Å². The molecule has 0 radical (unpaired) electrons. The number of amides is 2. The van der Waals surface area contributed by atoms with Gasteiger partial charge in [0, 0.05) is 18.2 Å². The van der Waals surface area contributed by atoms with Gasteiger partial charge >= 0.3 is 0 Å². The highest BCUT2D eigenvalue weighted by Crippen LogP contribution is 2.09. The summed E-state index contributed by atoms with van der Waals surface area (Å²) < 4.78 is 0. The third-order valence-electron chi connectivity index (χ3n) is 4.47. The van der Waals surface area contributed by atoms with Gasteiger partial charge in [-0.25, -0.2) is 0 Å². The number of aryl methyl sites for hydroxylation is 2. The van der Waals surface area contributed by atoms with Crippen molar-refractivity contribution in [3.8, 4) is 0 Å². The molecule has 0 aliphatic heterocycles. The fourth-order valence-corrected chi connectivity index (χ4v) is 2.99. The van der Waals surface area contributed by atoms with Crippen LogP contribution in [0.1, 0.15) is 27.0 Å². The highest BCUT2D eigenvalue weighted by molar-refractivity contribution is 5.96. The van der Waals surface area contributed by atoms with E-state index in [4.69, 9.17) is 0 Å². The van der Waals surface area contributed by atoms with Crippen molar-refractivity contribution in [2.24, 2.45) is 0 Å². The van der Waals surface area contributed by atoms with E-state index < -0.39 is 0 Å². The third kappa shape index (κ3) is 6.87. The van der Waals surface area contributed by atoms with Crippen molar-refractivity contribution in [2.45, 2.75) is 26.3 Å². The van der Waals surface area contributed by atoms with Gasteiger partial charge in [0.1, 0.15) is 0 Å². The zero-order chi connectivity index (χ0) is 19.8. The van der Waals surface area contributed by atoms with Crippen molar-refractivity contribution < 1.29 is 9.59 Å². The Morgan fingerprint density at radius 3 is 2.19 bits per heavy atom. The molecule has 2 aromatic rings. The third-order valence-corrected chi connectivity index (χ3v) is 4.47. The number of nitrogens with zero attached hydrogens (tertiary/aromatic N) is 1. The monoisotopic (exact) mass is 367 g/mol. The molecule has 144 valence electrons. The van der Waals surface area contributed by atoms with Crippen LogP contribution in [-0.2, 0) is 11.2 Å². The average molecular weight is 367 g/mol. The Labute approximate surface area is 161 Å². The fourth-order valence-electron chi connectivity index (χ4n) is 2.99. The molecule has 2 amide bonds. The molecule has 0 heterocycles. The van der Waals surface area contributed by atoms with Crippen molar-refractivity contribution in [1.29, 1.82) is 0 Å². The number of carbonyl (C=O) groups is 2. The molecule has 2 aromatic carbocycles. The molecule has 0 aliphatic rings. The van der Waals surface area contributed by atoms with Crippen molar-refractivity contribution >= 4 is 11.8 Å². The van der Waals surface area contributed by atoms with Crippen molar-refractivity contribution in [2.75, 3.05) is 27.2 Å². The van der Waals surface area contributed by atoms with E-state index in [1.165, 1.54) is 5.56 Å². The van der Waals surface area contributed by atoms with Crippen molar-refractivity contribution in [3.63, 3.8) is 0 Å². The van der Waals surface area contributed by atoms with E-state index in [-0.39, 0.29) is 24.4 Å². The van der Waals surface area contributed by atoms with Crippen LogP contribution in [0, 0.1) is 13.8 Å². The van der Waals surface area contributed by atoms with E-state index in [1.807, 2.05) is 64.3 Å². The Bertz CT molecular complexity index is 752. The summed E-state index contributed by atoms with van der Waals surface area (Å²) in [7, 11) is 4.00. The lowest BCUT2D eigenvalue weighted by atomic mass is 10.1. The van der Waals surface area contributed by atoms with Gasteiger partial charge in [0.2, 0.25) is 5.91 Å². The summed E-state index contributed by atoms with van der Waals surface area (Å²) in [5.74, 6) is -0.418.